The molecule has 0 aliphatic rings. The van der Waals surface area contributed by atoms with E-state index in [2.05, 4.69) is 33.6 Å². The van der Waals surface area contributed by atoms with Crippen molar-refractivity contribution in [3.8, 4) is 0 Å². The van der Waals surface area contributed by atoms with Gasteiger partial charge in [0, 0.05) is 37.6 Å². The third kappa shape index (κ3) is 3.89. The first-order valence-electron chi connectivity index (χ1n) is 6.74. The van der Waals surface area contributed by atoms with E-state index in [-0.39, 0.29) is 0 Å². The quantitative estimate of drug-likeness (QED) is 0.860. The number of aromatic nitrogens is 3. The maximum Gasteiger partial charge on any atom is 0.0596 e. The minimum absolute atomic E-state index is 0.475. The summed E-state index contributed by atoms with van der Waals surface area (Å²) in [5, 5.41) is 7.80. The Kier molecular flexibility index (Phi) is 4.68. The molecule has 0 aliphatic carbocycles. The Morgan fingerprint density at radius 2 is 2.05 bits per heavy atom. The number of nitrogens with zero attached hydrogens (tertiary/aromatic N) is 3. The first-order valence-corrected chi connectivity index (χ1v) is 6.74. The molecule has 1 N–H and O–H groups in total. The molecular formula is C15H22N4. The van der Waals surface area contributed by atoms with Gasteiger partial charge in [-0.2, -0.15) is 5.10 Å². The van der Waals surface area contributed by atoms with Crippen LogP contribution in [0.4, 0.5) is 0 Å². The van der Waals surface area contributed by atoms with Crippen molar-refractivity contribution in [1.29, 1.82) is 0 Å². The molecule has 2 rings (SSSR count). The summed E-state index contributed by atoms with van der Waals surface area (Å²) in [6.07, 6.45) is 6.91. The van der Waals surface area contributed by atoms with Crippen LogP contribution in [-0.4, -0.2) is 27.9 Å². The van der Waals surface area contributed by atoms with Crippen molar-refractivity contribution in [2.45, 2.75) is 32.2 Å². The van der Waals surface area contributed by atoms with Crippen LogP contribution in [0.1, 0.15) is 23.4 Å². The summed E-state index contributed by atoms with van der Waals surface area (Å²) >= 11 is 0. The van der Waals surface area contributed by atoms with Crippen molar-refractivity contribution in [2.75, 3.05) is 7.05 Å². The van der Waals surface area contributed by atoms with Crippen molar-refractivity contribution in [1.82, 2.24) is 20.1 Å². The fraction of sp³-hybridized carbons (Fsp3) is 0.467. The molecule has 1 atom stereocenters. The van der Waals surface area contributed by atoms with Gasteiger partial charge in [-0.1, -0.05) is 0 Å². The summed E-state index contributed by atoms with van der Waals surface area (Å²) < 4.78 is 1.98. The van der Waals surface area contributed by atoms with Gasteiger partial charge in [0.25, 0.3) is 0 Å². The SMILES string of the molecule is CNC(CCc1ccncc1)Cc1cc(C)nn1C. The van der Waals surface area contributed by atoms with Crippen LogP contribution in [0.5, 0.6) is 0 Å². The molecule has 0 aliphatic heterocycles. The fourth-order valence-electron chi connectivity index (χ4n) is 2.35. The Labute approximate surface area is 114 Å². The molecule has 19 heavy (non-hydrogen) atoms. The van der Waals surface area contributed by atoms with Gasteiger partial charge in [0.05, 0.1) is 5.69 Å². The zero-order valence-corrected chi connectivity index (χ0v) is 11.9. The van der Waals surface area contributed by atoms with Crippen molar-refractivity contribution in [3.05, 3.63) is 47.5 Å². The molecule has 0 fully saturated rings. The highest BCUT2D eigenvalue weighted by Crippen LogP contribution is 2.10. The topological polar surface area (TPSA) is 42.7 Å². The molecule has 0 spiro atoms. The number of pyridine rings is 1. The number of hydrogen-bond acceptors (Lipinski definition) is 3. The molecular weight excluding hydrogens is 236 g/mol. The second-order valence-electron chi connectivity index (χ2n) is 4.98. The summed E-state index contributed by atoms with van der Waals surface area (Å²) in [6.45, 7) is 2.04. The summed E-state index contributed by atoms with van der Waals surface area (Å²) in [5.74, 6) is 0. The summed E-state index contributed by atoms with van der Waals surface area (Å²) in [4.78, 5) is 4.05. The highest BCUT2D eigenvalue weighted by Gasteiger charge is 2.11. The highest BCUT2D eigenvalue weighted by atomic mass is 15.3. The lowest BCUT2D eigenvalue weighted by Crippen LogP contribution is -2.29. The molecule has 0 saturated heterocycles. The fourth-order valence-corrected chi connectivity index (χ4v) is 2.35. The van der Waals surface area contributed by atoms with E-state index >= 15 is 0 Å². The zero-order valence-electron chi connectivity index (χ0n) is 11.9. The van der Waals surface area contributed by atoms with Crippen molar-refractivity contribution >= 4 is 0 Å². The molecule has 2 aromatic heterocycles. The van der Waals surface area contributed by atoms with Crippen LogP contribution in [0.25, 0.3) is 0 Å². The average molecular weight is 258 g/mol. The van der Waals surface area contributed by atoms with Crippen LogP contribution < -0.4 is 5.32 Å². The third-order valence-electron chi connectivity index (χ3n) is 3.49. The van der Waals surface area contributed by atoms with Gasteiger partial charge >= 0.3 is 0 Å². The van der Waals surface area contributed by atoms with E-state index in [1.54, 1.807) is 0 Å². The molecule has 102 valence electrons. The maximum absolute atomic E-state index is 4.40. The number of rotatable bonds is 6. The summed E-state index contributed by atoms with van der Waals surface area (Å²) in [6, 6.07) is 6.81. The van der Waals surface area contributed by atoms with Gasteiger partial charge in [-0.15, -0.1) is 0 Å². The first kappa shape index (κ1) is 13.7. The number of aryl methyl sites for hydroxylation is 3. The summed E-state index contributed by atoms with van der Waals surface area (Å²) in [5.41, 5.74) is 3.71. The minimum atomic E-state index is 0.475. The normalized spacial score (nSPS) is 12.6. The number of likely N-dealkylation sites (N-methyl/N-ethyl adjacent to an activating group) is 1. The Morgan fingerprint density at radius 3 is 2.63 bits per heavy atom. The lowest BCUT2D eigenvalue weighted by atomic mass is 10.0. The molecule has 0 amide bonds. The molecule has 0 bridgehead atoms. The molecule has 2 aromatic rings. The Morgan fingerprint density at radius 1 is 1.32 bits per heavy atom. The first-order chi connectivity index (χ1) is 9.19. The van der Waals surface area contributed by atoms with Gasteiger partial charge in [0.15, 0.2) is 0 Å². The Hall–Kier alpha value is -1.68. The third-order valence-corrected chi connectivity index (χ3v) is 3.49. The molecule has 0 radical (unpaired) electrons. The van der Waals surface area contributed by atoms with E-state index in [1.807, 2.05) is 38.1 Å². The van der Waals surface area contributed by atoms with Gasteiger partial charge < -0.3 is 5.32 Å². The minimum Gasteiger partial charge on any atom is -0.317 e. The lowest BCUT2D eigenvalue weighted by Gasteiger charge is -2.16. The Bertz CT molecular complexity index is 504. The number of hydrogen-bond donors (Lipinski definition) is 1. The van der Waals surface area contributed by atoms with Crippen LogP contribution in [-0.2, 0) is 19.9 Å². The van der Waals surface area contributed by atoms with Crippen LogP contribution in [0, 0.1) is 6.92 Å². The smallest absolute Gasteiger partial charge is 0.0596 e. The van der Waals surface area contributed by atoms with E-state index in [0.29, 0.717) is 6.04 Å². The lowest BCUT2D eigenvalue weighted by molar-refractivity contribution is 0.503. The summed E-state index contributed by atoms with van der Waals surface area (Å²) in [7, 11) is 4.04. The predicted molar refractivity (Wildman–Crippen MR) is 77.1 cm³/mol. The van der Waals surface area contributed by atoms with Crippen LogP contribution in [0.3, 0.4) is 0 Å². The molecule has 1 unspecified atom stereocenters. The van der Waals surface area contributed by atoms with Gasteiger partial charge in [0.2, 0.25) is 0 Å². The van der Waals surface area contributed by atoms with E-state index in [0.717, 1.165) is 25.0 Å². The van der Waals surface area contributed by atoms with E-state index in [1.165, 1.54) is 11.3 Å². The second-order valence-corrected chi connectivity index (χ2v) is 4.98. The molecule has 0 aromatic carbocycles. The zero-order chi connectivity index (χ0) is 13.7. The molecule has 0 saturated carbocycles. The van der Waals surface area contributed by atoms with Crippen LogP contribution in [0.2, 0.25) is 0 Å². The Balaban J connectivity index is 1.92. The van der Waals surface area contributed by atoms with Gasteiger partial charge in [-0.3, -0.25) is 9.67 Å². The van der Waals surface area contributed by atoms with E-state index < -0.39 is 0 Å². The van der Waals surface area contributed by atoms with Crippen molar-refractivity contribution < 1.29 is 0 Å². The van der Waals surface area contributed by atoms with Gasteiger partial charge in [0.1, 0.15) is 0 Å². The largest absolute Gasteiger partial charge is 0.317 e. The van der Waals surface area contributed by atoms with Crippen molar-refractivity contribution in [3.63, 3.8) is 0 Å². The van der Waals surface area contributed by atoms with Crippen molar-refractivity contribution in [2.24, 2.45) is 7.05 Å². The second kappa shape index (κ2) is 6.48. The van der Waals surface area contributed by atoms with Crippen LogP contribution in [0.15, 0.2) is 30.6 Å². The predicted octanol–water partition coefficient (Wildman–Crippen LogP) is 1.89. The van der Waals surface area contributed by atoms with Gasteiger partial charge in [-0.25, -0.2) is 0 Å². The maximum atomic E-state index is 4.40. The van der Waals surface area contributed by atoms with Crippen LogP contribution >= 0.6 is 0 Å². The monoisotopic (exact) mass is 258 g/mol. The standard InChI is InChI=1S/C15H22N4/c1-12-10-15(19(3)18-12)11-14(16-2)5-4-13-6-8-17-9-7-13/h6-10,14,16H,4-5,11H2,1-3H3. The average Bonchev–Trinajstić information content (AvgIpc) is 2.74. The molecule has 4 nitrogen and oxygen atoms in total. The van der Waals surface area contributed by atoms with E-state index in [9.17, 15) is 0 Å². The van der Waals surface area contributed by atoms with Gasteiger partial charge in [-0.05, 0) is 50.6 Å². The molecule has 2 heterocycles. The van der Waals surface area contributed by atoms with E-state index in [4.69, 9.17) is 0 Å². The number of nitrogens with one attached hydrogen (secondary N) is 1. The highest BCUT2D eigenvalue weighted by molar-refractivity contribution is 5.12. The molecule has 4 heteroatoms.